The van der Waals surface area contributed by atoms with Gasteiger partial charge in [0.25, 0.3) is 0 Å². The van der Waals surface area contributed by atoms with Gasteiger partial charge in [-0.1, -0.05) is 35.9 Å². The highest BCUT2D eigenvalue weighted by Crippen LogP contribution is 2.12. The van der Waals surface area contributed by atoms with Crippen molar-refractivity contribution in [1.82, 2.24) is 10.2 Å². The molecule has 2 rings (SSSR count). The zero-order valence-corrected chi connectivity index (χ0v) is 16.5. The molecule has 2 aromatic rings. The first kappa shape index (κ1) is 20.8. The number of nitrogens with zero attached hydrogens (tertiary/aromatic N) is 1. The molecule has 0 spiro atoms. The van der Waals surface area contributed by atoms with E-state index < -0.39 is 0 Å². The molecule has 2 amide bonds. The SMILES string of the molecule is COc1ccc(CCN(CCC(=O)NCc2ccc(Cl)cc2)C(C)=O)cc1. The summed E-state index contributed by atoms with van der Waals surface area (Å²) >= 11 is 5.85. The molecule has 6 heteroatoms. The number of carbonyl (C=O) groups is 2. The monoisotopic (exact) mass is 388 g/mol. The summed E-state index contributed by atoms with van der Waals surface area (Å²) in [6.07, 6.45) is 1.01. The summed E-state index contributed by atoms with van der Waals surface area (Å²) in [7, 11) is 1.63. The Hall–Kier alpha value is -2.53. The van der Waals surface area contributed by atoms with Gasteiger partial charge in [0.15, 0.2) is 0 Å². The van der Waals surface area contributed by atoms with Crippen LogP contribution in [0.1, 0.15) is 24.5 Å². The van der Waals surface area contributed by atoms with Crippen LogP contribution >= 0.6 is 11.6 Å². The average molecular weight is 389 g/mol. The minimum Gasteiger partial charge on any atom is -0.497 e. The number of rotatable bonds is 9. The Morgan fingerprint density at radius 1 is 1.00 bits per heavy atom. The quantitative estimate of drug-likeness (QED) is 0.715. The van der Waals surface area contributed by atoms with E-state index in [9.17, 15) is 9.59 Å². The zero-order chi connectivity index (χ0) is 19.6. The molecule has 5 nitrogen and oxygen atoms in total. The Bertz CT molecular complexity index is 745. The van der Waals surface area contributed by atoms with Crippen molar-refractivity contribution in [1.29, 1.82) is 0 Å². The van der Waals surface area contributed by atoms with Crippen LogP contribution < -0.4 is 10.1 Å². The smallest absolute Gasteiger partial charge is 0.222 e. The van der Waals surface area contributed by atoms with Crippen molar-refractivity contribution in [2.75, 3.05) is 20.2 Å². The molecule has 0 heterocycles. The van der Waals surface area contributed by atoms with Gasteiger partial charge in [0.05, 0.1) is 7.11 Å². The van der Waals surface area contributed by atoms with Gasteiger partial charge in [0.1, 0.15) is 5.75 Å². The summed E-state index contributed by atoms with van der Waals surface area (Å²) < 4.78 is 5.14. The number of amides is 2. The number of nitrogens with one attached hydrogen (secondary N) is 1. The number of methoxy groups -OCH3 is 1. The maximum Gasteiger partial charge on any atom is 0.222 e. The van der Waals surface area contributed by atoms with Crippen LogP contribution in [0.5, 0.6) is 5.75 Å². The predicted molar refractivity (Wildman–Crippen MR) is 107 cm³/mol. The largest absolute Gasteiger partial charge is 0.497 e. The van der Waals surface area contributed by atoms with Crippen molar-refractivity contribution in [3.8, 4) is 5.75 Å². The Morgan fingerprint density at radius 3 is 2.22 bits per heavy atom. The van der Waals surface area contributed by atoms with E-state index in [1.165, 1.54) is 6.92 Å². The second-order valence-corrected chi connectivity index (χ2v) is 6.69. The van der Waals surface area contributed by atoms with Crippen molar-refractivity contribution in [2.45, 2.75) is 26.3 Å². The molecule has 0 unspecified atom stereocenters. The first-order chi connectivity index (χ1) is 13.0. The lowest BCUT2D eigenvalue weighted by Gasteiger charge is -2.21. The Morgan fingerprint density at radius 2 is 1.63 bits per heavy atom. The highest BCUT2D eigenvalue weighted by atomic mass is 35.5. The standard InChI is InChI=1S/C21H25ClN2O3/c1-16(25)24(13-11-17-5-9-20(27-2)10-6-17)14-12-21(26)23-15-18-3-7-19(22)8-4-18/h3-10H,11-15H2,1-2H3,(H,23,26). The van der Waals surface area contributed by atoms with E-state index in [4.69, 9.17) is 16.3 Å². The molecular formula is C21H25ClN2O3. The fourth-order valence-electron chi connectivity index (χ4n) is 2.61. The number of hydrogen-bond donors (Lipinski definition) is 1. The van der Waals surface area contributed by atoms with Crippen molar-refractivity contribution >= 4 is 23.4 Å². The van der Waals surface area contributed by atoms with Gasteiger partial charge < -0.3 is 15.0 Å². The van der Waals surface area contributed by atoms with E-state index in [-0.39, 0.29) is 18.2 Å². The van der Waals surface area contributed by atoms with Crippen molar-refractivity contribution in [3.05, 3.63) is 64.7 Å². The van der Waals surface area contributed by atoms with E-state index in [2.05, 4.69) is 5.32 Å². The van der Waals surface area contributed by atoms with Gasteiger partial charge in [-0.15, -0.1) is 0 Å². The number of benzene rings is 2. The molecular weight excluding hydrogens is 364 g/mol. The number of halogens is 1. The molecule has 0 aliphatic carbocycles. The molecule has 1 N–H and O–H groups in total. The highest BCUT2D eigenvalue weighted by Gasteiger charge is 2.11. The molecule has 27 heavy (non-hydrogen) atoms. The van der Waals surface area contributed by atoms with Crippen LogP contribution in [0.15, 0.2) is 48.5 Å². The van der Waals surface area contributed by atoms with Gasteiger partial charge in [-0.3, -0.25) is 9.59 Å². The summed E-state index contributed by atoms with van der Waals surface area (Å²) in [6, 6.07) is 15.1. The molecule has 0 fully saturated rings. The molecule has 0 saturated carbocycles. The second kappa shape index (κ2) is 10.6. The first-order valence-corrected chi connectivity index (χ1v) is 9.25. The van der Waals surface area contributed by atoms with Crippen molar-refractivity contribution in [3.63, 3.8) is 0 Å². The lowest BCUT2D eigenvalue weighted by Crippen LogP contribution is -2.35. The van der Waals surface area contributed by atoms with E-state index in [0.29, 0.717) is 24.7 Å². The van der Waals surface area contributed by atoms with Gasteiger partial charge in [-0.2, -0.15) is 0 Å². The number of ether oxygens (including phenoxy) is 1. The molecule has 0 aliphatic rings. The third-order valence-electron chi connectivity index (χ3n) is 4.29. The minimum atomic E-state index is -0.0827. The maximum atomic E-state index is 12.1. The van der Waals surface area contributed by atoms with Gasteiger partial charge >= 0.3 is 0 Å². The fraction of sp³-hybridized carbons (Fsp3) is 0.333. The van der Waals surface area contributed by atoms with Gasteiger partial charge in [-0.05, 0) is 41.8 Å². The van der Waals surface area contributed by atoms with Crippen LogP contribution in [-0.4, -0.2) is 36.9 Å². The van der Waals surface area contributed by atoms with Crippen LogP contribution in [0.3, 0.4) is 0 Å². The topological polar surface area (TPSA) is 58.6 Å². The predicted octanol–water partition coefficient (Wildman–Crippen LogP) is 3.45. The van der Waals surface area contributed by atoms with Gasteiger partial charge in [0.2, 0.25) is 11.8 Å². The summed E-state index contributed by atoms with van der Waals surface area (Å²) in [4.78, 5) is 25.6. The van der Waals surface area contributed by atoms with Crippen LogP contribution in [0.2, 0.25) is 5.02 Å². The third-order valence-corrected chi connectivity index (χ3v) is 4.54. The van der Waals surface area contributed by atoms with Crippen LogP contribution in [-0.2, 0) is 22.6 Å². The van der Waals surface area contributed by atoms with E-state index in [0.717, 1.165) is 23.3 Å². The van der Waals surface area contributed by atoms with E-state index >= 15 is 0 Å². The molecule has 0 bridgehead atoms. The third kappa shape index (κ3) is 7.31. The average Bonchev–Trinajstić information content (AvgIpc) is 2.67. The molecule has 0 aromatic heterocycles. The van der Waals surface area contributed by atoms with E-state index in [1.54, 1.807) is 24.1 Å². The first-order valence-electron chi connectivity index (χ1n) is 8.87. The summed E-state index contributed by atoms with van der Waals surface area (Å²) in [5, 5.41) is 3.53. The maximum absolute atomic E-state index is 12.1. The normalized spacial score (nSPS) is 10.3. The van der Waals surface area contributed by atoms with Crippen LogP contribution in [0.4, 0.5) is 0 Å². The van der Waals surface area contributed by atoms with Crippen molar-refractivity contribution < 1.29 is 14.3 Å². The summed E-state index contributed by atoms with van der Waals surface area (Å²) in [5.74, 6) is 0.689. The summed E-state index contributed by atoms with van der Waals surface area (Å²) in [5.41, 5.74) is 2.10. The number of hydrogen-bond acceptors (Lipinski definition) is 3. The molecule has 0 atom stereocenters. The Labute approximate surface area is 165 Å². The Balaban J connectivity index is 1.76. The van der Waals surface area contributed by atoms with Gasteiger partial charge in [-0.25, -0.2) is 0 Å². The molecule has 0 saturated heterocycles. The van der Waals surface area contributed by atoms with E-state index in [1.807, 2.05) is 36.4 Å². The zero-order valence-electron chi connectivity index (χ0n) is 15.7. The molecule has 144 valence electrons. The van der Waals surface area contributed by atoms with Gasteiger partial charge in [0, 0.05) is 38.0 Å². The lowest BCUT2D eigenvalue weighted by atomic mass is 10.1. The lowest BCUT2D eigenvalue weighted by molar-refractivity contribution is -0.129. The highest BCUT2D eigenvalue weighted by molar-refractivity contribution is 6.30. The molecule has 2 aromatic carbocycles. The minimum absolute atomic E-state index is 0.0333. The summed E-state index contributed by atoms with van der Waals surface area (Å²) in [6.45, 7) is 2.95. The fourth-order valence-corrected chi connectivity index (χ4v) is 2.74. The van der Waals surface area contributed by atoms with Crippen molar-refractivity contribution in [2.24, 2.45) is 0 Å². The Kier molecular flexibility index (Phi) is 8.14. The van der Waals surface area contributed by atoms with Crippen LogP contribution in [0.25, 0.3) is 0 Å². The molecule has 0 radical (unpaired) electrons. The van der Waals surface area contributed by atoms with Crippen LogP contribution in [0, 0.1) is 0 Å². The second-order valence-electron chi connectivity index (χ2n) is 6.26. The molecule has 0 aliphatic heterocycles. The number of carbonyl (C=O) groups excluding carboxylic acids is 2.